The molecule has 0 N–H and O–H groups in total. The predicted molar refractivity (Wildman–Crippen MR) is 54.2 cm³/mol. The molecule has 0 saturated carbocycles. The number of nitrogens with zero attached hydrogens (tertiary/aromatic N) is 2. The van der Waals surface area contributed by atoms with E-state index in [4.69, 9.17) is 5.26 Å². The number of fused-ring (bicyclic) bond motifs is 1. The van der Waals surface area contributed by atoms with Crippen molar-refractivity contribution >= 4 is 26.7 Å². The molecule has 0 saturated heterocycles. The van der Waals surface area contributed by atoms with Crippen molar-refractivity contribution < 1.29 is 0 Å². The summed E-state index contributed by atoms with van der Waals surface area (Å²) in [4.78, 5) is 3.98. The summed E-state index contributed by atoms with van der Waals surface area (Å²) in [7, 11) is 0. The van der Waals surface area contributed by atoms with Crippen molar-refractivity contribution in [3.8, 4) is 6.07 Å². The fourth-order valence-corrected chi connectivity index (χ4v) is 1.87. The maximum Gasteiger partial charge on any atom is 0.101 e. The van der Waals surface area contributed by atoms with Gasteiger partial charge in [-0.1, -0.05) is 28.1 Å². The maximum atomic E-state index is 8.85. The topological polar surface area (TPSA) is 36.7 Å². The van der Waals surface area contributed by atoms with E-state index in [-0.39, 0.29) is 0 Å². The van der Waals surface area contributed by atoms with Crippen molar-refractivity contribution in [2.45, 2.75) is 0 Å². The molecule has 1 aromatic heterocycles. The van der Waals surface area contributed by atoms with E-state index in [9.17, 15) is 0 Å². The molecule has 0 radical (unpaired) electrons. The zero-order valence-corrected chi connectivity index (χ0v) is 8.25. The van der Waals surface area contributed by atoms with Crippen molar-refractivity contribution in [2.24, 2.45) is 0 Å². The zero-order valence-electron chi connectivity index (χ0n) is 6.66. The lowest BCUT2D eigenvalue weighted by atomic mass is 10.1. The van der Waals surface area contributed by atoms with Crippen LogP contribution in [-0.2, 0) is 0 Å². The maximum absolute atomic E-state index is 8.85. The number of hydrogen-bond donors (Lipinski definition) is 0. The standard InChI is InChI=1S/C10H5BrN2/c11-9-3-1-2-7-5-13-6-8(4-12)10(7)9/h1-3,5-6H. The van der Waals surface area contributed by atoms with Crippen molar-refractivity contribution in [1.82, 2.24) is 4.98 Å². The van der Waals surface area contributed by atoms with Crippen LogP contribution in [0.15, 0.2) is 35.1 Å². The van der Waals surface area contributed by atoms with Crippen LogP contribution in [0.3, 0.4) is 0 Å². The Bertz CT molecular complexity index is 494. The average Bonchev–Trinajstić information content (AvgIpc) is 2.17. The molecule has 2 rings (SSSR count). The Morgan fingerprint density at radius 3 is 2.92 bits per heavy atom. The Balaban J connectivity index is 2.97. The lowest BCUT2D eigenvalue weighted by Crippen LogP contribution is -1.83. The van der Waals surface area contributed by atoms with Crippen LogP contribution in [0, 0.1) is 11.3 Å². The molecule has 2 nitrogen and oxygen atoms in total. The number of aromatic nitrogens is 1. The minimum Gasteiger partial charge on any atom is -0.263 e. The predicted octanol–water partition coefficient (Wildman–Crippen LogP) is 2.87. The number of benzene rings is 1. The highest BCUT2D eigenvalue weighted by molar-refractivity contribution is 9.10. The molecule has 0 spiro atoms. The fourth-order valence-electron chi connectivity index (χ4n) is 1.27. The third kappa shape index (κ3) is 1.30. The summed E-state index contributed by atoms with van der Waals surface area (Å²) in [5.41, 5.74) is 0.602. The first-order valence-corrected chi connectivity index (χ1v) is 4.54. The summed E-state index contributed by atoms with van der Waals surface area (Å²) < 4.78 is 0.934. The molecular weight excluding hydrogens is 228 g/mol. The molecule has 0 fully saturated rings. The number of halogens is 1. The molecule has 0 aliphatic carbocycles. The van der Waals surface area contributed by atoms with Gasteiger partial charge < -0.3 is 0 Å². The summed E-state index contributed by atoms with van der Waals surface area (Å²) in [5, 5.41) is 10.8. The molecule has 0 bridgehead atoms. The van der Waals surface area contributed by atoms with Crippen LogP contribution in [0.1, 0.15) is 5.56 Å². The monoisotopic (exact) mass is 232 g/mol. The van der Waals surface area contributed by atoms with Crippen molar-refractivity contribution in [3.05, 3.63) is 40.6 Å². The second-order valence-corrected chi connectivity index (χ2v) is 3.49. The largest absolute Gasteiger partial charge is 0.263 e. The third-order valence-electron chi connectivity index (χ3n) is 1.85. The van der Waals surface area contributed by atoms with Crippen molar-refractivity contribution in [2.75, 3.05) is 0 Å². The normalized spacial score (nSPS) is 9.85. The minimum absolute atomic E-state index is 0.602. The molecule has 1 aromatic carbocycles. The van der Waals surface area contributed by atoms with Gasteiger partial charge in [0.2, 0.25) is 0 Å². The van der Waals surface area contributed by atoms with Gasteiger partial charge in [0, 0.05) is 27.6 Å². The molecule has 0 amide bonds. The molecule has 1 heterocycles. The highest BCUT2D eigenvalue weighted by atomic mass is 79.9. The summed E-state index contributed by atoms with van der Waals surface area (Å²) in [5.74, 6) is 0. The van der Waals surface area contributed by atoms with Gasteiger partial charge in [-0.2, -0.15) is 5.26 Å². The van der Waals surface area contributed by atoms with Gasteiger partial charge in [-0.3, -0.25) is 4.98 Å². The van der Waals surface area contributed by atoms with E-state index < -0.39 is 0 Å². The molecule has 0 aliphatic rings. The molecule has 0 atom stereocenters. The van der Waals surface area contributed by atoms with Crippen LogP contribution >= 0.6 is 15.9 Å². The molecule has 0 unspecified atom stereocenters. The van der Waals surface area contributed by atoms with E-state index in [0.717, 1.165) is 15.2 Å². The Kier molecular flexibility index (Phi) is 1.99. The molecule has 62 valence electrons. The Morgan fingerprint density at radius 2 is 2.15 bits per heavy atom. The first kappa shape index (κ1) is 8.21. The molecule has 2 aromatic rings. The van der Waals surface area contributed by atoms with E-state index in [1.807, 2.05) is 18.2 Å². The smallest absolute Gasteiger partial charge is 0.101 e. The van der Waals surface area contributed by atoms with Crippen LogP contribution in [0.5, 0.6) is 0 Å². The van der Waals surface area contributed by atoms with Gasteiger partial charge in [-0.15, -0.1) is 0 Å². The average molecular weight is 233 g/mol. The zero-order chi connectivity index (χ0) is 9.26. The second kappa shape index (κ2) is 3.15. The number of hydrogen-bond acceptors (Lipinski definition) is 2. The van der Waals surface area contributed by atoms with Gasteiger partial charge in [-0.25, -0.2) is 0 Å². The lowest BCUT2D eigenvalue weighted by Gasteiger charge is -2.00. The first-order valence-electron chi connectivity index (χ1n) is 3.75. The first-order chi connectivity index (χ1) is 6.33. The Labute approximate surface area is 84.0 Å². The third-order valence-corrected chi connectivity index (χ3v) is 2.51. The van der Waals surface area contributed by atoms with Crippen molar-refractivity contribution in [3.63, 3.8) is 0 Å². The Hall–Kier alpha value is -1.40. The van der Waals surface area contributed by atoms with Crippen LogP contribution < -0.4 is 0 Å². The fraction of sp³-hybridized carbons (Fsp3) is 0. The lowest BCUT2D eigenvalue weighted by molar-refractivity contribution is 1.33. The van der Waals surface area contributed by atoms with Gasteiger partial charge in [0.25, 0.3) is 0 Å². The van der Waals surface area contributed by atoms with Crippen molar-refractivity contribution in [1.29, 1.82) is 5.26 Å². The van der Waals surface area contributed by atoms with Crippen LogP contribution in [0.25, 0.3) is 10.8 Å². The number of pyridine rings is 1. The SMILES string of the molecule is N#Cc1cncc2cccc(Br)c12. The van der Waals surface area contributed by atoms with Crippen LogP contribution in [0.2, 0.25) is 0 Å². The van der Waals surface area contributed by atoms with E-state index in [2.05, 4.69) is 27.0 Å². The van der Waals surface area contributed by atoms with Gasteiger partial charge in [0.15, 0.2) is 0 Å². The van der Waals surface area contributed by atoms with Crippen LogP contribution in [-0.4, -0.2) is 4.98 Å². The Morgan fingerprint density at radius 1 is 1.31 bits per heavy atom. The molecule has 0 aliphatic heterocycles. The summed E-state index contributed by atoms with van der Waals surface area (Å²) >= 11 is 3.41. The molecular formula is C10H5BrN2. The summed E-state index contributed by atoms with van der Waals surface area (Å²) in [6.45, 7) is 0. The molecule has 13 heavy (non-hydrogen) atoms. The number of rotatable bonds is 0. The van der Waals surface area contributed by atoms with Gasteiger partial charge in [0.05, 0.1) is 5.56 Å². The number of nitriles is 1. The highest BCUT2D eigenvalue weighted by Gasteiger charge is 2.03. The van der Waals surface area contributed by atoms with E-state index in [1.165, 1.54) is 0 Å². The molecule has 3 heteroatoms. The van der Waals surface area contributed by atoms with Gasteiger partial charge in [-0.05, 0) is 6.07 Å². The van der Waals surface area contributed by atoms with Gasteiger partial charge >= 0.3 is 0 Å². The highest BCUT2D eigenvalue weighted by Crippen LogP contribution is 2.25. The summed E-state index contributed by atoms with van der Waals surface area (Å²) in [6, 6.07) is 7.90. The quantitative estimate of drug-likeness (QED) is 0.701. The van der Waals surface area contributed by atoms with Gasteiger partial charge in [0.1, 0.15) is 6.07 Å². The van der Waals surface area contributed by atoms with Crippen LogP contribution in [0.4, 0.5) is 0 Å². The van der Waals surface area contributed by atoms with E-state index in [0.29, 0.717) is 5.56 Å². The summed E-state index contributed by atoms with van der Waals surface area (Å²) in [6.07, 6.45) is 3.33. The second-order valence-electron chi connectivity index (χ2n) is 2.64. The van der Waals surface area contributed by atoms with E-state index in [1.54, 1.807) is 12.4 Å². The van der Waals surface area contributed by atoms with E-state index >= 15 is 0 Å². The minimum atomic E-state index is 0.602.